The lowest BCUT2D eigenvalue weighted by atomic mass is 10.3. The molecule has 0 saturated carbocycles. The first-order valence-electron chi connectivity index (χ1n) is 6.18. The van der Waals surface area contributed by atoms with Gasteiger partial charge in [0, 0.05) is 18.6 Å². The summed E-state index contributed by atoms with van der Waals surface area (Å²) in [7, 11) is 0. The molecule has 3 rings (SSSR count). The van der Waals surface area contributed by atoms with E-state index in [0.29, 0.717) is 10.7 Å². The van der Waals surface area contributed by atoms with Crippen molar-refractivity contribution in [1.29, 1.82) is 0 Å². The van der Waals surface area contributed by atoms with Gasteiger partial charge in [0.2, 0.25) is 0 Å². The second-order valence-corrected chi connectivity index (χ2v) is 4.86. The van der Waals surface area contributed by atoms with Crippen LogP contribution in [0.2, 0.25) is 5.02 Å². The third-order valence-electron chi connectivity index (χ3n) is 2.89. The lowest BCUT2D eigenvalue weighted by Crippen LogP contribution is -2.18. The molecule has 110 valence electrons. The maximum Gasteiger partial charge on any atom is 0.342 e. The van der Waals surface area contributed by atoms with Gasteiger partial charge in [-0.1, -0.05) is 11.6 Å². The van der Waals surface area contributed by atoms with Crippen molar-refractivity contribution >= 4 is 35.4 Å². The zero-order valence-electron chi connectivity index (χ0n) is 11.0. The Morgan fingerprint density at radius 1 is 1.32 bits per heavy atom. The molecule has 3 heterocycles. The van der Waals surface area contributed by atoms with Crippen molar-refractivity contribution in [3.05, 3.63) is 63.2 Å². The molecule has 0 unspecified atom stereocenters. The van der Waals surface area contributed by atoms with Gasteiger partial charge in [0.05, 0.1) is 10.7 Å². The molecule has 0 aliphatic rings. The monoisotopic (exact) mass is 316 g/mol. The van der Waals surface area contributed by atoms with Crippen molar-refractivity contribution in [3.8, 4) is 0 Å². The van der Waals surface area contributed by atoms with Crippen molar-refractivity contribution < 1.29 is 9.90 Å². The van der Waals surface area contributed by atoms with Gasteiger partial charge in [-0.3, -0.25) is 4.79 Å². The SMILES string of the molecule is O=C(O)c1cnc(/C=C/c2cn3cc(Cl)ccc3n2)[nH]c1=O. The van der Waals surface area contributed by atoms with Gasteiger partial charge in [0.25, 0.3) is 5.56 Å². The zero-order valence-corrected chi connectivity index (χ0v) is 11.8. The van der Waals surface area contributed by atoms with Gasteiger partial charge in [-0.15, -0.1) is 0 Å². The smallest absolute Gasteiger partial charge is 0.342 e. The predicted molar refractivity (Wildman–Crippen MR) is 80.9 cm³/mol. The second kappa shape index (κ2) is 5.45. The quantitative estimate of drug-likeness (QED) is 0.769. The minimum absolute atomic E-state index is 0.241. The number of carboxylic acids is 1. The predicted octanol–water partition coefficient (Wildman–Crippen LogP) is 1.94. The number of H-pyrrole nitrogens is 1. The molecule has 8 heteroatoms. The van der Waals surface area contributed by atoms with Gasteiger partial charge in [-0.05, 0) is 24.3 Å². The van der Waals surface area contributed by atoms with Crippen LogP contribution in [0.4, 0.5) is 0 Å². The lowest BCUT2D eigenvalue weighted by molar-refractivity contribution is 0.0694. The number of halogens is 1. The van der Waals surface area contributed by atoms with Gasteiger partial charge in [0.15, 0.2) is 0 Å². The van der Waals surface area contributed by atoms with Gasteiger partial charge in [-0.25, -0.2) is 14.8 Å². The van der Waals surface area contributed by atoms with E-state index in [0.717, 1.165) is 11.8 Å². The largest absolute Gasteiger partial charge is 0.477 e. The maximum atomic E-state index is 11.5. The van der Waals surface area contributed by atoms with Crippen molar-refractivity contribution in [2.45, 2.75) is 0 Å². The van der Waals surface area contributed by atoms with Crippen molar-refractivity contribution in [2.24, 2.45) is 0 Å². The molecule has 0 radical (unpaired) electrons. The Balaban J connectivity index is 1.90. The fourth-order valence-electron chi connectivity index (χ4n) is 1.87. The van der Waals surface area contributed by atoms with Crippen LogP contribution < -0.4 is 5.56 Å². The van der Waals surface area contributed by atoms with E-state index in [2.05, 4.69) is 15.0 Å². The first-order valence-corrected chi connectivity index (χ1v) is 6.56. The van der Waals surface area contributed by atoms with Gasteiger partial charge < -0.3 is 14.5 Å². The number of hydrogen-bond acceptors (Lipinski definition) is 4. The van der Waals surface area contributed by atoms with Crippen LogP contribution in [0, 0.1) is 0 Å². The van der Waals surface area contributed by atoms with Gasteiger partial charge in [0.1, 0.15) is 17.0 Å². The summed E-state index contributed by atoms with van der Waals surface area (Å²) in [5.41, 5.74) is 0.266. The molecule has 0 bridgehead atoms. The third kappa shape index (κ3) is 2.75. The third-order valence-corrected chi connectivity index (χ3v) is 3.12. The minimum Gasteiger partial charge on any atom is -0.477 e. The first kappa shape index (κ1) is 14.0. The molecule has 2 N–H and O–H groups in total. The molecular formula is C14H9ClN4O3. The Morgan fingerprint density at radius 2 is 2.14 bits per heavy atom. The molecule has 0 spiro atoms. The van der Waals surface area contributed by atoms with E-state index >= 15 is 0 Å². The number of pyridine rings is 1. The molecule has 0 fully saturated rings. The molecule has 7 nitrogen and oxygen atoms in total. The average molecular weight is 317 g/mol. The van der Waals surface area contributed by atoms with Crippen LogP contribution in [0.5, 0.6) is 0 Å². The standard InChI is InChI=1S/C14H9ClN4O3/c15-8-1-4-12-17-9(7-19(12)6-8)2-3-11-16-5-10(14(21)22)13(20)18-11/h1-7H,(H,21,22)(H,16,18,20)/b3-2+. The summed E-state index contributed by atoms with van der Waals surface area (Å²) in [6.45, 7) is 0. The fraction of sp³-hybridized carbons (Fsp3) is 0. The number of imidazole rings is 1. The molecular weight excluding hydrogens is 308 g/mol. The first-order chi connectivity index (χ1) is 10.5. The second-order valence-electron chi connectivity index (χ2n) is 4.43. The van der Waals surface area contributed by atoms with E-state index in [1.807, 2.05) is 0 Å². The van der Waals surface area contributed by atoms with Crippen LogP contribution >= 0.6 is 11.6 Å². The molecule has 3 aromatic heterocycles. The highest BCUT2D eigenvalue weighted by Gasteiger charge is 2.08. The number of carboxylic acid groups (broad SMARTS) is 1. The van der Waals surface area contributed by atoms with E-state index in [1.165, 1.54) is 6.08 Å². The summed E-state index contributed by atoms with van der Waals surface area (Å²) >= 11 is 5.89. The number of fused-ring (bicyclic) bond motifs is 1. The summed E-state index contributed by atoms with van der Waals surface area (Å²) in [6, 6.07) is 3.52. The van der Waals surface area contributed by atoms with E-state index in [9.17, 15) is 9.59 Å². The number of hydrogen-bond donors (Lipinski definition) is 2. The number of rotatable bonds is 3. The maximum absolute atomic E-state index is 11.5. The molecule has 3 aromatic rings. The van der Waals surface area contributed by atoms with Crippen LogP contribution in [0.15, 0.2) is 35.5 Å². The van der Waals surface area contributed by atoms with E-state index in [4.69, 9.17) is 16.7 Å². The van der Waals surface area contributed by atoms with Crippen LogP contribution in [0.3, 0.4) is 0 Å². The highest BCUT2D eigenvalue weighted by molar-refractivity contribution is 6.30. The number of carbonyl (C=O) groups is 1. The van der Waals surface area contributed by atoms with Crippen molar-refractivity contribution in [2.75, 3.05) is 0 Å². The van der Waals surface area contributed by atoms with Crippen molar-refractivity contribution in [3.63, 3.8) is 0 Å². The summed E-state index contributed by atoms with van der Waals surface area (Å²) in [4.78, 5) is 32.9. The van der Waals surface area contributed by atoms with E-state index in [1.54, 1.807) is 35.0 Å². The normalized spacial score (nSPS) is 11.3. The molecule has 22 heavy (non-hydrogen) atoms. The van der Waals surface area contributed by atoms with Crippen LogP contribution in [-0.4, -0.2) is 30.4 Å². The number of aromatic carboxylic acids is 1. The molecule has 0 amide bonds. The Kier molecular flexibility index (Phi) is 3.48. The number of nitrogens with one attached hydrogen (secondary N) is 1. The number of aromatic nitrogens is 4. The Hall–Kier alpha value is -2.93. The van der Waals surface area contributed by atoms with E-state index in [-0.39, 0.29) is 5.82 Å². The Morgan fingerprint density at radius 3 is 2.86 bits per heavy atom. The van der Waals surface area contributed by atoms with Crippen LogP contribution in [-0.2, 0) is 0 Å². The molecule has 0 aromatic carbocycles. The highest BCUT2D eigenvalue weighted by atomic mass is 35.5. The average Bonchev–Trinajstić information content (AvgIpc) is 2.86. The Labute approximate surface area is 128 Å². The van der Waals surface area contributed by atoms with Crippen LogP contribution in [0.1, 0.15) is 21.9 Å². The fourth-order valence-corrected chi connectivity index (χ4v) is 2.04. The summed E-state index contributed by atoms with van der Waals surface area (Å²) in [6.07, 6.45) is 7.70. The molecule has 0 atom stereocenters. The lowest BCUT2D eigenvalue weighted by Gasteiger charge is -1.94. The number of nitrogens with zero attached hydrogens (tertiary/aromatic N) is 3. The van der Waals surface area contributed by atoms with Crippen molar-refractivity contribution in [1.82, 2.24) is 19.4 Å². The molecule has 0 aliphatic heterocycles. The van der Waals surface area contributed by atoms with E-state index < -0.39 is 17.1 Å². The molecule has 0 aliphatic carbocycles. The molecule has 0 saturated heterocycles. The summed E-state index contributed by atoms with van der Waals surface area (Å²) in [5, 5.41) is 9.36. The summed E-state index contributed by atoms with van der Waals surface area (Å²) in [5.74, 6) is -1.08. The summed E-state index contributed by atoms with van der Waals surface area (Å²) < 4.78 is 1.77. The van der Waals surface area contributed by atoms with Gasteiger partial charge in [-0.2, -0.15) is 0 Å². The number of aromatic amines is 1. The zero-order chi connectivity index (χ0) is 15.7. The highest BCUT2D eigenvalue weighted by Crippen LogP contribution is 2.12. The van der Waals surface area contributed by atoms with Gasteiger partial charge >= 0.3 is 5.97 Å². The topological polar surface area (TPSA) is 100 Å². The van der Waals surface area contributed by atoms with Crippen LogP contribution in [0.25, 0.3) is 17.8 Å². The minimum atomic E-state index is -1.32. The Bertz CT molecular complexity index is 958.